The van der Waals surface area contributed by atoms with Crippen LogP contribution in [0, 0.1) is 28.6 Å². The van der Waals surface area contributed by atoms with E-state index >= 15 is 0 Å². The molecule has 6 heteroatoms. The minimum absolute atomic E-state index is 0.0793. The van der Waals surface area contributed by atoms with Crippen molar-refractivity contribution in [2.75, 3.05) is 6.61 Å². The van der Waals surface area contributed by atoms with Crippen LogP contribution in [0.15, 0.2) is 41.2 Å². The average molecular weight is 452 g/mol. The number of nitrogens with zero attached hydrogens (tertiary/aromatic N) is 2. The summed E-state index contributed by atoms with van der Waals surface area (Å²) in [5.74, 6) is 1.93. The molecule has 0 spiro atoms. The number of allylic oxidation sites excluding steroid dienone is 2. The van der Waals surface area contributed by atoms with E-state index in [4.69, 9.17) is 4.84 Å². The van der Waals surface area contributed by atoms with Crippen LogP contribution in [0.4, 0.5) is 0 Å². The molecule has 3 fully saturated rings. The molecule has 4 aliphatic rings. The standard InChI is InChI=1S/C27H37N3O3/c1-26-12-10-19(30-33-17-25(32)29-16-20-5-3-4-14-28-20)15-18(26)6-7-21-22-8-9-24(31)27(22,2)13-11-23(21)26/h3-5,14-15,21-24,31H,6-13,16-17H2,1-2H3,(H,29,32). The van der Waals surface area contributed by atoms with E-state index in [0.717, 1.165) is 49.4 Å². The molecule has 6 nitrogen and oxygen atoms in total. The molecule has 1 aromatic rings. The van der Waals surface area contributed by atoms with E-state index < -0.39 is 0 Å². The van der Waals surface area contributed by atoms with Crippen molar-refractivity contribution in [2.24, 2.45) is 33.7 Å². The van der Waals surface area contributed by atoms with Gasteiger partial charge in [0.1, 0.15) is 0 Å². The highest BCUT2D eigenvalue weighted by molar-refractivity contribution is 5.96. The van der Waals surface area contributed by atoms with Gasteiger partial charge in [-0.3, -0.25) is 9.78 Å². The van der Waals surface area contributed by atoms with Gasteiger partial charge < -0.3 is 15.3 Å². The molecule has 5 rings (SSSR count). The van der Waals surface area contributed by atoms with Gasteiger partial charge in [0.15, 0.2) is 6.61 Å². The zero-order valence-corrected chi connectivity index (χ0v) is 19.9. The zero-order valence-electron chi connectivity index (χ0n) is 19.9. The van der Waals surface area contributed by atoms with Crippen molar-refractivity contribution >= 4 is 11.6 Å². The smallest absolute Gasteiger partial charge is 0.261 e. The molecule has 6 atom stereocenters. The van der Waals surface area contributed by atoms with Gasteiger partial charge in [-0.05, 0) is 98.2 Å². The number of oxime groups is 1. The van der Waals surface area contributed by atoms with Gasteiger partial charge in [-0.15, -0.1) is 0 Å². The van der Waals surface area contributed by atoms with Gasteiger partial charge >= 0.3 is 0 Å². The maximum atomic E-state index is 12.1. The highest BCUT2D eigenvalue weighted by atomic mass is 16.6. The molecule has 4 aliphatic carbocycles. The lowest BCUT2D eigenvalue weighted by Crippen LogP contribution is -2.51. The number of pyridine rings is 1. The summed E-state index contributed by atoms with van der Waals surface area (Å²) in [7, 11) is 0. The molecule has 6 unspecified atom stereocenters. The van der Waals surface area contributed by atoms with E-state index in [1.54, 1.807) is 6.20 Å². The second-order valence-corrected chi connectivity index (χ2v) is 11.1. The Bertz CT molecular complexity index is 945. The van der Waals surface area contributed by atoms with E-state index in [0.29, 0.717) is 18.4 Å². The van der Waals surface area contributed by atoms with Gasteiger partial charge in [-0.1, -0.05) is 30.6 Å². The van der Waals surface area contributed by atoms with Gasteiger partial charge in [0.2, 0.25) is 0 Å². The molecule has 0 saturated heterocycles. The van der Waals surface area contributed by atoms with Crippen LogP contribution in [0.25, 0.3) is 0 Å². The topological polar surface area (TPSA) is 83.8 Å². The average Bonchev–Trinajstić information content (AvgIpc) is 3.13. The molecular formula is C27H37N3O3. The molecule has 33 heavy (non-hydrogen) atoms. The zero-order chi connectivity index (χ0) is 23.1. The Kier molecular flexibility index (Phi) is 6.06. The van der Waals surface area contributed by atoms with Crippen LogP contribution in [0.1, 0.15) is 70.9 Å². The highest BCUT2D eigenvalue weighted by Crippen LogP contribution is 2.65. The second-order valence-electron chi connectivity index (χ2n) is 11.1. The summed E-state index contributed by atoms with van der Waals surface area (Å²) in [4.78, 5) is 21.7. The van der Waals surface area contributed by atoms with Crippen LogP contribution >= 0.6 is 0 Å². The first-order valence-electron chi connectivity index (χ1n) is 12.6. The van der Waals surface area contributed by atoms with Crippen LogP contribution in [0.5, 0.6) is 0 Å². The number of fused-ring (bicyclic) bond motifs is 5. The third-order valence-electron chi connectivity index (χ3n) is 9.50. The Morgan fingerprint density at radius 2 is 2.06 bits per heavy atom. The van der Waals surface area contributed by atoms with E-state index in [1.165, 1.54) is 24.8 Å². The molecule has 1 amide bonds. The molecule has 1 heterocycles. The van der Waals surface area contributed by atoms with Gasteiger partial charge in [0.25, 0.3) is 5.91 Å². The number of carbonyl (C=O) groups is 1. The fourth-order valence-electron chi connectivity index (χ4n) is 7.53. The maximum Gasteiger partial charge on any atom is 0.261 e. The maximum absolute atomic E-state index is 12.1. The molecule has 0 aliphatic heterocycles. The van der Waals surface area contributed by atoms with Crippen LogP contribution in [-0.4, -0.2) is 34.4 Å². The summed E-state index contributed by atoms with van der Waals surface area (Å²) < 4.78 is 0. The first-order chi connectivity index (χ1) is 15.9. The molecule has 0 aromatic carbocycles. The van der Waals surface area contributed by atoms with E-state index in [-0.39, 0.29) is 29.4 Å². The Morgan fingerprint density at radius 3 is 2.88 bits per heavy atom. The van der Waals surface area contributed by atoms with Crippen molar-refractivity contribution in [2.45, 2.75) is 77.9 Å². The molecule has 3 saturated carbocycles. The van der Waals surface area contributed by atoms with Gasteiger partial charge in [-0.2, -0.15) is 0 Å². The molecule has 0 bridgehead atoms. The quantitative estimate of drug-likeness (QED) is 0.650. The molecule has 0 radical (unpaired) electrons. The number of hydrogen-bond acceptors (Lipinski definition) is 5. The predicted octanol–water partition coefficient (Wildman–Crippen LogP) is 4.39. The van der Waals surface area contributed by atoms with E-state index in [2.05, 4.69) is 35.4 Å². The normalized spacial score (nSPS) is 38.6. The Morgan fingerprint density at radius 1 is 1.18 bits per heavy atom. The number of aromatic nitrogens is 1. The third kappa shape index (κ3) is 4.11. The summed E-state index contributed by atoms with van der Waals surface area (Å²) in [6.45, 7) is 5.12. The molecular weight excluding hydrogens is 414 g/mol. The van der Waals surface area contributed by atoms with E-state index in [1.807, 2.05) is 18.2 Å². The SMILES string of the molecule is CC12CCC(=NOCC(=O)NCc3ccccn3)C=C1CCC1C2CCC2(C)C(O)CCC12. The number of amides is 1. The van der Waals surface area contributed by atoms with Crippen LogP contribution in [0.2, 0.25) is 0 Å². The lowest BCUT2D eigenvalue weighted by atomic mass is 9.47. The molecule has 1 aromatic heterocycles. The largest absolute Gasteiger partial charge is 0.393 e. The Hall–Kier alpha value is -2.21. The van der Waals surface area contributed by atoms with Crippen molar-refractivity contribution in [3.63, 3.8) is 0 Å². The lowest BCUT2D eigenvalue weighted by molar-refractivity contribution is -0.125. The number of nitrogens with one attached hydrogen (secondary N) is 1. The number of aliphatic hydroxyl groups excluding tert-OH is 1. The van der Waals surface area contributed by atoms with Crippen molar-refractivity contribution in [3.8, 4) is 0 Å². The van der Waals surface area contributed by atoms with Gasteiger partial charge in [0.05, 0.1) is 24.1 Å². The molecule has 2 N–H and O–H groups in total. The fraction of sp³-hybridized carbons (Fsp3) is 0.667. The summed E-state index contributed by atoms with van der Waals surface area (Å²) in [5, 5.41) is 17.8. The van der Waals surface area contributed by atoms with Crippen molar-refractivity contribution in [1.82, 2.24) is 10.3 Å². The number of hydrogen-bond donors (Lipinski definition) is 2. The minimum atomic E-state index is -0.192. The summed E-state index contributed by atoms with van der Waals surface area (Å²) >= 11 is 0. The van der Waals surface area contributed by atoms with Crippen LogP contribution in [0.3, 0.4) is 0 Å². The summed E-state index contributed by atoms with van der Waals surface area (Å²) in [6, 6.07) is 5.63. The van der Waals surface area contributed by atoms with Crippen LogP contribution < -0.4 is 5.32 Å². The minimum Gasteiger partial charge on any atom is -0.393 e. The first kappa shape index (κ1) is 22.6. The van der Waals surface area contributed by atoms with Crippen molar-refractivity contribution in [3.05, 3.63) is 41.7 Å². The van der Waals surface area contributed by atoms with Crippen molar-refractivity contribution in [1.29, 1.82) is 0 Å². The van der Waals surface area contributed by atoms with Gasteiger partial charge in [-0.25, -0.2) is 0 Å². The summed E-state index contributed by atoms with van der Waals surface area (Å²) in [5.41, 5.74) is 3.65. The number of aliphatic hydroxyl groups is 1. The highest BCUT2D eigenvalue weighted by Gasteiger charge is 2.58. The lowest BCUT2D eigenvalue weighted by Gasteiger charge is -2.57. The summed E-state index contributed by atoms with van der Waals surface area (Å²) in [6.07, 6.45) is 12.7. The predicted molar refractivity (Wildman–Crippen MR) is 127 cm³/mol. The van der Waals surface area contributed by atoms with E-state index in [9.17, 15) is 9.90 Å². The van der Waals surface area contributed by atoms with Crippen molar-refractivity contribution < 1.29 is 14.7 Å². The number of rotatable bonds is 5. The third-order valence-corrected chi connectivity index (χ3v) is 9.50. The second kappa shape index (κ2) is 8.86. The fourth-order valence-corrected chi connectivity index (χ4v) is 7.53. The molecule has 178 valence electrons. The Balaban J connectivity index is 1.19. The first-order valence-corrected chi connectivity index (χ1v) is 12.6. The Labute approximate surface area is 196 Å². The van der Waals surface area contributed by atoms with Crippen LogP contribution in [-0.2, 0) is 16.2 Å². The number of carbonyl (C=O) groups excluding carboxylic acids is 1. The van der Waals surface area contributed by atoms with Gasteiger partial charge in [0, 0.05) is 6.20 Å². The monoisotopic (exact) mass is 451 g/mol.